The second-order valence-electron chi connectivity index (χ2n) is 5.65. The highest BCUT2D eigenvalue weighted by molar-refractivity contribution is 7.98. The summed E-state index contributed by atoms with van der Waals surface area (Å²) < 4.78 is 5.52. The quantitative estimate of drug-likeness (QED) is 0.802. The van der Waals surface area contributed by atoms with E-state index in [0.29, 0.717) is 6.04 Å². The van der Waals surface area contributed by atoms with Crippen molar-refractivity contribution in [3.8, 4) is 11.3 Å². The first kappa shape index (κ1) is 14.7. The Morgan fingerprint density at radius 2 is 2.29 bits per heavy atom. The van der Waals surface area contributed by atoms with Gasteiger partial charge in [-0.25, -0.2) is 0 Å². The Bertz CT molecular complexity index is 623. The number of hydrogen-bond donors (Lipinski definition) is 0. The van der Waals surface area contributed by atoms with Crippen molar-refractivity contribution in [2.75, 3.05) is 19.8 Å². The van der Waals surface area contributed by atoms with E-state index in [2.05, 4.69) is 42.2 Å². The summed E-state index contributed by atoms with van der Waals surface area (Å²) in [5.41, 5.74) is 4.13. The number of hydrogen-bond acceptors (Lipinski definition) is 4. The summed E-state index contributed by atoms with van der Waals surface area (Å²) >= 11 is 1.62. The topological polar surface area (TPSA) is 29.3 Å². The van der Waals surface area contributed by atoms with Crippen molar-refractivity contribution in [3.63, 3.8) is 0 Å². The highest BCUT2D eigenvalue weighted by atomic mass is 32.2. The maximum Gasteiger partial charge on any atom is 0.168 e. The van der Waals surface area contributed by atoms with Gasteiger partial charge in [-0.1, -0.05) is 30.3 Å². The molecule has 21 heavy (non-hydrogen) atoms. The van der Waals surface area contributed by atoms with Crippen LogP contribution in [0.2, 0.25) is 0 Å². The van der Waals surface area contributed by atoms with Crippen LogP contribution >= 0.6 is 11.8 Å². The molecule has 1 heterocycles. The molecule has 4 heteroatoms. The fourth-order valence-corrected chi connectivity index (χ4v) is 3.47. The van der Waals surface area contributed by atoms with Gasteiger partial charge in [0, 0.05) is 17.7 Å². The molecule has 3 rings (SSSR count). The zero-order valence-electron chi connectivity index (χ0n) is 12.9. The lowest BCUT2D eigenvalue weighted by atomic mass is 9.84. The van der Waals surface area contributed by atoms with Crippen LogP contribution < -0.4 is 0 Å². The summed E-state index contributed by atoms with van der Waals surface area (Å²) in [6.07, 6.45) is 5.50. The molecule has 112 valence electrons. The van der Waals surface area contributed by atoms with E-state index in [0.717, 1.165) is 30.2 Å². The van der Waals surface area contributed by atoms with E-state index in [1.807, 2.05) is 12.3 Å². The van der Waals surface area contributed by atoms with Gasteiger partial charge >= 0.3 is 0 Å². The summed E-state index contributed by atoms with van der Waals surface area (Å²) in [5, 5.41) is 5.04. The molecule has 0 radical (unpaired) electrons. The maximum absolute atomic E-state index is 5.52. The molecular weight excluding hydrogens is 280 g/mol. The smallest absolute Gasteiger partial charge is 0.168 e. The van der Waals surface area contributed by atoms with Crippen molar-refractivity contribution in [1.82, 2.24) is 10.1 Å². The Morgan fingerprint density at radius 3 is 3.00 bits per heavy atom. The van der Waals surface area contributed by atoms with Gasteiger partial charge in [0.15, 0.2) is 5.76 Å². The molecule has 1 atom stereocenters. The Morgan fingerprint density at radius 1 is 1.43 bits per heavy atom. The number of likely N-dealkylation sites (N-methyl/N-ethyl adjacent to an activating group) is 1. The third-order valence-electron chi connectivity index (χ3n) is 4.54. The van der Waals surface area contributed by atoms with E-state index < -0.39 is 0 Å². The number of rotatable bonds is 4. The fourth-order valence-electron chi connectivity index (χ4n) is 3.14. The molecule has 1 aliphatic rings. The van der Waals surface area contributed by atoms with Crippen LogP contribution in [0.3, 0.4) is 0 Å². The molecule has 0 spiro atoms. The minimum absolute atomic E-state index is 0.661. The first-order chi connectivity index (χ1) is 10.2. The van der Waals surface area contributed by atoms with E-state index >= 15 is 0 Å². The van der Waals surface area contributed by atoms with Gasteiger partial charge in [0.05, 0.1) is 0 Å². The minimum Gasteiger partial charge on any atom is -0.355 e. The predicted molar refractivity (Wildman–Crippen MR) is 87.8 cm³/mol. The molecule has 1 aromatic heterocycles. The molecule has 2 aromatic rings. The van der Waals surface area contributed by atoms with Crippen LogP contribution in [0, 0.1) is 0 Å². The number of benzene rings is 1. The van der Waals surface area contributed by atoms with Gasteiger partial charge < -0.3 is 9.42 Å². The van der Waals surface area contributed by atoms with Gasteiger partial charge in [0.2, 0.25) is 0 Å². The maximum atomic E-state index is 5.52. The lowest BCUT2D eigenvalue weighted by Crippen LogP contribution is -2.36. The molecule has 1 unspecified atom stereocenters. The van der Waals surface area contributed by atoms with Crippen molar-refractivity contribution < 1.29 is 4.52 Å². The second kappa shape index (κ2) is 6.24. The van der Waals surface area contributed by atoms with Gasteiger partial charge in [-0.2, -0.15) is 0 Å². The molecule has 3 nitrogen and oxygen atoms in total. The third-order valence-corrected chi connectivity index (χ3v) is 5.15. The van der Waals surface area contributed by atoms with E-state index in [-0.39, 0.29) is 0 Å². The third kappa shape index (κ3) is 2.87. The molecule has 0 aliphatic heterocycles. The Kier molecular flexibility index (Phi) is 4.36. The van der Waals surface area contributed by atoms with Gasteiger partial charge in [-0.05, 0) is 50.2 Å². The van der Waals surface area contributed by atoms with E-state index in [9.17, 15) is 0 Å². The van der Waals surface area contributed by atoms with Crippen LogP contribution in [0.1, 0.15) is 24.5 Å². The SMILES string of the molecule is CCN(C)C1CCc2c(cccc2-c2cc(SC)no2)C1. The summed E-state index contributed by atoms with van der Waals surface area (Å²) in [6, 6.07) is 9.27. The van der Waals surface area contributed by atoms with E-state index in [4.69, 9.17) is 4.52 Å². The van der Waals surface area contributed by atoms with Crippen molar-refractivity contribution >= 4 is 11.8 Å². The zero-order chi connectivity index (χ0) is 14.8. The fraction of sp³-hybridized carbons (Fsp3) is 0.471. The number of fused-ring (bicyclic) bond motifs is 1. The highest BCUT2D eigenvalue weighted by Crippen LogP contribution is 2.34. The Labute approximate surface area is 130 Å². The summed E-state index contributed by atoms with van der Waals surface area (Å²) in [4.78, 5) is 2.45. The number of thioether (sulfide) groups is 1. The summed E-state index contributed by atoms with van der Waals surface area (Å²) in [7, 11) is 2.22. The van der Waals surface area contributed by atoms with Crippen LogP contribution in [0.25, 0.3) is 11.3 Å². The normalized spacial score (nSPS) is 18.0. The average Bonchev–Trinajstić information content (AvgIpc) is 3.01. The average molecular weight is 302 g/mol. The van der Waals surface area contributed by atoms with E-state index in [1.165, 1.54) is 23.1 Å². The highest BCUT2D eigenvalue weighted by Gasteiger charge is 2.24. The molecule has 0 fully saturated rings. The van der Waals surface area contributed by atoms with Gasteiger partial charge in [-0.15, -0.1) is 11.8 Å². The van der Waals surface area contributed by atoms with Crippen molar-refractivity contribution in [2.45, 2.75) is 37.3 Å². The molecule has 0 saturated carbocycles. The molecular formula is C17H22N2OS. The second-order valence-corrected chi connectivity index (χ2v) is 6.47. The lowest BCUT2D eigenvalue weighted by molar-refractivity contribution is 0.233. The summed E-state index contributed by atoms with van der Waals surface area (Å²) in [6.45, 7) is 3.34. The standard InChI is InChI=1S/C17H22N2OS/c1-4-19(2)13-8-9-14-12(10-13)6-5-7-15(14)16-11-17(21-3)18-20-16/h5-7,11,13H,4,8-10H2,1-3H3. The zero-order valence-corrected chi connectivity index (χ0v) is 13.7. The molecule has 0 N–H and O–H groups in total. The van der Waals surface area contributed by atoms with Gasteiger partial charge in [-0.3, -0.25) is 0 Å². The Balaban J connectivity index is 1.92. The Hall–Kier alpha value is -1.26. The van der Waals surface area contributed by atoms with Crippen molar-refractivity contribution in [1.29, 1.82) is 0 Å². The summed E-state index contributed by atoms with van der Waals surface area (Å²) in [5.74, 6) is 0.901. The largest absolute Gasteiger partial charge is 0.355 e. The van der Waals surface area contributed by atoms with Gasteiger partial charge in [0.25, 0.3) is 0 Å². The number of nitrogens with zero attached hydrogens (tertiary/aromatic N) is 2. The van der Waals surface area contributed by atoms with Crippen LogP contribution in [-0.2, 0) is 12.8 Å². The monoisotopic (exact) mass is 302 g/mol. The van der Waals surface area contributed by atoms with Crippen LogP contribution in [-0.4, -0.2) is 35.9 Å². The van der Waals surface area contributed by atoms with Crippen molar-refractivity contribution in [3.05, 3.63) is 35.4 Å². The minimum atomic E-state index is 0.661. The van der Waals surface area contributed by atoms with E-state index in [1.54, 1.807) is 11.8 Å². The molecule has 0 saturated heterocycles. The first-order valence-electron chi connectivity index (χ1n) is 7.55. The van der Waals surface area contributed by atoms with Gasteiger partial charge in [0.1, 0.15) is 5.03 Å². The van der Waals surface area contributed by atoms with Crippen LogP contribution in [0.15, 0.2) is 33.8 Å². The lowest BCUT2D eigenvalue weighted by Gasteiger charge is -2.32. The van der Waals surface area contributed by atoms with Crippen molar-refractivity contribution in [2.24, 2.45) is 0 Å². The molecule has 0 amide bonds. The molecule has 1 aromatic carbocycles. The number of aromatic nitrogens is 1. The van der Waals surface area contributed by atoms with Crippen LogP contribution in [0.4, 0.5) is 0 Å². The molecule has 0 bridgehead atoms. The van der Waals surface area contributed by atoms with Crippen LogP contribution in [0.5, 0.6) is 0 Å². The molecule has 1 aliphatic carbocycles. The first-order valence-corrected chi connectivity index (χ1v) is 8.77. The predicted octanol–water partition coefficient (Wildman–Crippen LogP) is 3.87.